The number of nitrogens with one attached hydrogen (secondary N) is 2. The quantitative estimate of drug-likeness (QED) is 0.582. The zero-order valence-electron chi connectivity index (χ0n) is 15.2. The summed E-state index contributed by atoms with van der Waals surface area (Å²) in [5.74, 6) is 0.0105. The molecule has 1 aliphatic rings. The second-order valence-electron chi connectivity index (χ2n) is 7.29. The number of likely N-dealkylation sites (N-methyl/N-ethyl adjacent to an activating group) is 1. The smallest absolute Gasteiger partial charge is 0.336 e. The molecule has 4 rings (SSSR count). The topological polar surface area (TPSA) is 59.3 Å². The van der Waals surface area contributed by atoms with Crippen LogP contribution in [0.2, 0.25) is 5.02 Å². The van der Waals surface area contributed by atoms with Crippen molar-refractivity contribution < 1.29 is 19.3 Å². The van der Waals surface area contributed by atoms with Gasteiger partial charge in [-0.1, -0.05) is 41.9 Å². The number of rotatable bonds is 3. The van der Waals surface area contributed by atoms with Gasteiger partial charge in [-0.05, 0) is 17.2 Å². The van der Waals surface area contributed by atoms with Crippen LogP contribution in [0.4, 0.5) is 0 Å². The summed E-state index contributed by atoms with van der Waals surface area (Å²) in [6.45, 7) is 4.74. The summed E-state index contributed by atoms with van der Waals surface area (Å²) in [6.07, 6.45) is 0. The Hall–Kier alpha value is -2.34. The number of aromatic hydroxyl groups is 1. The molecule has 0 atom stereocenters. The lowest BCUT2D eigenvalue weighted by Crippen LogP contribution is -3.26. The first-order valence-corrected chi connectivity index (χ1v) is 9.59. The van der Waals surface area contributed by atoms with Gasteiger partial charge < -0.3 is 19.3 Å². The molecule has 0 unspecified atom stereocenters. The third-order valence-electron chi connectivity index (χ3n) is 5.38. The Labute approximate surface area is 162 Å². The van der Waals surface area contributed by atoms with E-state index in [1.807, 2.05) is 30.3 Å². The highest BCUT2D eigenvalue weighted by Gasteiger charge is 2.25. The highest BCUT2D eigenvalue weighted by atomic mass is 35.5. The number of halogens is 1. The molecule has 0 saturated carbocycles. The molecule has 2 heterocycles. The molecule has 5 nitrogen and oxygen atoms in total. The Kier molecular flexibility index (Phi) is 4.91. The van der Waals surface area contributed by atoms with Crippen LogP contribution in [-0.2, 0) is 6.54 Å². The lowest BCUT2D eigenvalue weighted by Gasteiger charge is -2.27. The molecule has 1 aliphatic heterocycles. The van der Waals surface area contributed by atoms with Crippen molar-refractivity contribution >= 4 is 22.6 Å². The van der Waals surface area contributed by atoms with Crippen molar-refractivity contribution in [3.8, 4) is 16.9 Å². The van der Waals surface area contributed by atoms with Crippen molar-refractivity contribution in [2.75, 3.05) is 33.2 Å². The number of phenols is 1. The molecule has 1 fully saturated rings. The average Bonchev–Trinajstić information content (AvgIpc) is 2.68. The molecule has 3 aromatic rings. The number of benzene rings is 2. The minimum Gasteiger partial charge on any atom is -0.506 e. The monoisotopic (exact) mass is 386 g/mol. The molecule has 0 spiro atoms. The van der Waals surface area contributed by atoms with E-state index in [0.717, 1.165) is 42.7 Å². The van der Waals surface area contributed by atoms with Crippen molar-refractivity contribution in [2.45, 2.75) is 6.54 Å². The fraction of sp³-hybridized carbons (Fsp3) is 0.286. The predicted molar refractivity (Wildman–Crippen MR) is 106 cm³/mol. The summed E-state index contributed by atoms with van der Waals surface area (Å²) in [6, 6.07) is 12.8. The zero-order chi connectivity index (χ0) is 19.0. The molecule has 6 heteroatoms. The molecular formula is C21H23ClN2O3+2. The minimum atomic E-state index is -0.429. The molecule has 0 aliphatic carbocycles. The predicted octanol–water partition coefficient (Wildman–Crippen LogP) is 0.732. The van der Waals surface area contributed by atoms with Gasteiger partial charge in [0.1, 0.15) is 38.5 Å². The van der Waals surface area contributed by atoms with Gasteiger partial charge >= 0.3 is 5.63 Å². The lowest BCUT2D eigenvalue weighted by molar-refractivity contribution is -1.01. The molecule has 3 N–H and O–H groups in total. The van der Waals surface area contributed by atoms with Gasteiger partial charge in [0.15, 0.2) is 5.58 Å². The van der Waals surface area contributed by atoms with Crippen molar-refractivity contribution in [3.05, 3.63) is 63.5 Å². The van der Waals surface area contributed by atoms with Crippen LogP contribution in [0.1, 0.15) is 5.56 Å². The summed E-state index contributed by atoms with van der Waals surface area (Å²) in [7, 11) is 2.19. The molecule has 0 amide bonds. The maximum Gasteiger partial charge on any atom is 0.336 e. The van der Waals surface area contributed by atoms with Crippen LogP contribution in [0.15, 0.2) is 51.7 Å². The van der Waals surface area contributed by atoms with Crippen LogP contribution >= 0.6 is 11.6 Å². The van der Waals surface area contributed by atoms with E-state index in [9.17, 15) is 9.90 Å². The maximum atomic E-state index is 12.3. The number of fused-ring (bicyclic) bond motifs is 1. The SMILES string of the molecule is C[NH+]1CC[NH+](Cc2c(O)c(Cl)cc3c(-c4ccccc4)cc(=O)oc23)CC1. The average molecular weight is 387 g/mol. The van der Waals surface area contributed by atoms with E-state index in [4.69, 9.17) is 16.0 Å². The second kappa shape index (κ2) is 7.35. The molecule has 27 heavy (non-hydrogen) atoms. The van der Waals surface area contributed by atoms with E-state index in [1.165, 1.54) is 15.9 Å². The summed E-state index contributed by atoms with van der Waals surface area (Å²) in [5.41, 5.74) is 2.30. The molecule has 1 saturated heterocycles. The van der Waals surface area contributed by atoms with Crippen molar-refractivity contribution in [1.29, 1.82) is 0 Å². The highest BCUT2D eigenvalue weighted by molar-refractivity contribution is 6.33. The minimum absolute atomic E-state index is 0.0105. The Morgan fingerprint density at radius 3 is 2.52 bits per heavy atom. The Morgan fingerprint density at radius 2 is 1.81 bits per heavy atom. The van der Waals surface area contributed by atoms with Gasteiger partial charge in [0.05, 0.1) is 17.6 Å². The molecule has 0 radical (unpaired) electrons. The van der Waals surface area contributed by atoms with E-state index in [2.05, 4.69) is 7.05 Å². The van der Waals surface area contributed by atoms with Gasteiger partial charge in [0, 0.05) is 11.5 Å². The summed E-state index contributed by atoms with van der Waals surface area (Å²) >= 11 is 6.35. The summed E-state index contributed by atoms with van der Waals surface area (Å²) < 4.78 is 5.56. The van der Waals surface area contributed by atoms with Crippen molar-refractivity contribution in [3.63, 3.8) is 0 Å². The Balaban J connectivity index is 1.87. The van der Waals surface area contributed by atoms with Gasteiger partial charge in [-0.3, -0.25) is 0 Å². The van der Waals surface area contributed by atoms with Crippen molar-refractivity contribution in [1.82, 2.24) is 0 Å². The van der Waals surface area contributed by atoms with Crippen LogP contribution in [0.25, 0.3) is 22.1 Å². The van der Waals surface area contributed by atoms with Crippen LogP contribution in [0, 0.1) is 0 Å². The fourth-order valence-electron chi connectivity index (χ4n) is 3.79. The van der Waals surface area contributed by atoms with Gasteiger partial charge in [0.2, 0.25) is 0 Å². The third kappa shape index (κ3) is 3.58. The first kappa shape index (κ1) is 18.0. The molecule has 140 valence electrons. The number of phenolic OH excluding ortho intramolecular Hbond substituents is 1. The van der Waals surface area contributed by atoms with Gasteiger partial charge in [-0.2, -0.15) is 0 Å². The zero-order valence-corrected chi connectivity index (χ0v) is 16.0. The molecule has 2 aromatic carbocycles. The Morgan fingerprint density at radius 1 is 1.11 bits per heavy atom. The first-order chi connectivity index (χ1) is 13.0. The van der Waals surface area contributed by atoms with E-state index in [0.29, 0.717) is 17.7 Å². The largest absolute Gasteiger partial charge is 0.506 e. The highest BCUT2D eigenvalue weighted by Crippen LogP contribution is 2.37. The number of hydrogen-bond acceptors (Lipinski definition) is 3. The molecule has 0 bridgehead atoms. The number of quaternary nitrogens is 2. The van der Waals surface area contributed by atoms with Crippen LogP contribution < -0.4 is 15.4 Å². The Bertz CT molecular complexity index is 1030. The fourth-order valence-corrected chi connectivity index (χ4v) is 4.02. The summed E-state index contributed by atoms with van der Waals surface area (Å²) in [4.78, 5) is 15.1. The number of piperazine rings is 1. The van der Waals surface area contributed by atoms with E-state index < -0.39 is 5.63 Å². The summed E-state index contributed by atoms with van der Waals surface area (Å²) in [5, 5.41) is 11.6. The van der Waals surface area contributed by atoms with Crippen LogP contribution in [0.5, 0.6) is 5.75 Å². The number of hydrogen-bond donors (Lipinski definition) is 3. The van der Waals surface area contributed by atoms with Gasteiger partial charge in [-0.15, -0.1) is 0 Å². The lowest BCUT2D eigenvalue weighted by atomic mass is 9.99. The van der Waals surface area contributed by atoms with Crippen LogP contribution in [-0.4, -0.2) is 38.3 Å². The second-order valence-corrected chi connectivity index (χ2v) is 7.70. The standard InChI is InChI=1S/C21H21ClN2O3/c1-23-7-9-24(10-8-23)13-17-20(26)18(22)11-16-15(12-19(25)27-21(16)17)14-5-3-2-4-6-14/h2-6,11-12,26H,7-10,13H2,1H3/p+2. The van der Waals surface area contributed by atoms with Crippen LogP contribution in [0.3, 0.4) is 0 Å². The van der Waals surface area contributed by atoms with E-state index >= 15 is 0 Å². The van der Waals surface area contributed by atoms with Gasteiger partial charge in [-0.25, -0.2) is 4.79 Å². The van der Waals surface area contributed by atoms with E-state index in [1.54, 1.807) is 6.07 Å². The molecular weight excluding hydrogens is 364 g/mol. The third-order valence-corrected chi connectivity index (χ3v) is 5.67. The van der Waals surface area contributed by atoms with Gasteiger partial charge in [0.25, 0.3) is 0 Å². The van der Waals surface area contributed by atoms with E-state index in [-0.39, 0.29) is 10.8 Å². The maximum absolute atomic E-state index is 12.3. The molecule has 1 aromatic heterocycles. The first-order valence-electron chi connectivity index (χ1n) is 9.21. The van der Waals surface area contributed by atoms with Crippen molar-refractivity contribution in [2.24, 2.45) is 0 Å². The normalized spacial score (nSPS) is 20.1.